The van der Waals surface area contributed by atoms with Crippen molar-refractivity contribution in [3.05, 3.63) is 65.4 Å². The Morgan fingerprint density at radius 2 is 1.78 bits per heavy atom. The third-order valence-corrected chi connectivity index (χ3v) is 4.81. The highest BCUT2D eigenvalue weighted by molar-refractivity contribution is 7.99. The molecule has 3 rings (SSSR count). The lowest BCUT2D eigenvalue weighted by atomic mass is 10.2. The summed E-state index contributed by atoms with van der Waals surface area (Å²) in [5, 5.41) is 3.40. The zero-order valence-corrected chi connectivity index (χ0v) is 15.8. The van der Waals surface area contributed by atoms with Crippen molar-refractivity contribution in [1.29, 1.82) is 0 Å². The molecule has 0 aliphatic heterocycles. The molecule has 6 nitrogen and oxygen atoms in total. The summed E-state index contributed by atoms with van der Waals surface area (Å²) >= 11 is 7.43. The summed E-state index contributed by atoms with van der Waals surface area (Å²) in [7, 11) is 0. The smallest absolute Gasteiger partial charge is 0.338 e. The normalized spacial score (nSPS) is 10.6. The van der Waals surface area contributed by atoms with Crippen molar-refractivity contribution in [2.75, 3.05) is 18.9 Å². The van der Waals surface area contributed by atoms with Crippen LogP contribution in [0.4, 0.5) is 0 Å². The number of esters is 1. The molecule has 2 aromatic carbocycles. The van der Waals surface area contributed by atoms with Gasteiger partial charge in [0.1, 0.15) is 0 Å². The van der Waals surface area contributed by atoms with Crippen LogP contribution in [0.5, 0.6) is 0 Å². The number of nitrogens with zero attached hydrogens (tertiary/aromatic N) is 2. The van der Waals surface area contributed by atoms with Crippen LogP contribution in [0.2, 0.25) is 5.02 Å². The molecule has 1 aromatic heterocycles. The molecule has 8 heteroatoms. The van der Waals surface area contributed by atoms with Crippen molar-refractivity contribution in [3.8, 4) is 0 Å². The number of benzene rings is 2. The maximum atomic E-state index is 12.1. The van der Waals surface area contributed by atoms with E-state index in [0.717, 1.165) is 4.90 Å². The molecule has 1 heterocycles. The third kappa shape index (κ3) is 5.67. The first kappa shape index (κ1) is 19.1. The number of nitrogens with one attached hydrogen (secondary N) is 1. The molecule has 0 saturated carbocycles. The fourth-order valence-corrected chi connectivity index (χ4v) is 3.14. The predicted octanol–water partition coefficient (Wildman–Crippen LogP) is 3.35. The Labute approximate surface area is 165 Å². The van der Waals surface area contributed by atoms with Gasteiger partial charge in [0.2, 0.25) is 0 Å². The first-order valence-electron chi connectivity index (χ1n) is 8.15. The van der Waals surface area contributed by atoms with E-state index < -0.39 is 5.97 Å². The van der Waals surface area contributed by atoms with Gasteiger partial charge in [0.05, 0.1) is 16.6 Å². The Morgan fingerprint density at radius 1 is 1.04 bits per heavy atom. The number of thioether (sulfide) groups is 1. The molecule has 0 aliphatic rings. The molecule has 0 unspecified atom stereocenters. The highest BCUT2D eigenvalue weighted by atomic mass is 35.5. The predicted molar refractivity (Wildman–Crippen MR) is 105 cm³/mol. The number of carbonyl (C=O) groups excluding carboxylic acids is 2. The Balaban J connectivity index is 1.40. The van der Waals surface area contributed by atoms with Gasteiger partial charge in [-0.2, -0.15) is 0 Å². The first-order valence-corrected chi connectivity index (χ1v) is 9.51. The zero-order chi connectivity index (χ0) is 19.1. The molecule has 0 saturated heterocycles. The van der Waals surface area contributed by atoms with Crippen molar-refractivity contribution in [2.24, 2.45) is 0 Å². The van der Waals surface area contributed by atoms with E-state index in [9.17, 15) is 9.59 Å². The van der Waals surface area contributed by atoms with Crippen LogP contribution in [0.25, 0.3) is 11.0 Å². The van der Waals surface area contributed by atoms with Crippen LogP contribution in [0.3, 0.4) is 0 Å². The van der Waals surface area contributed by atoms with Crippen molar-refractivity contribution < 1.29 is 14.3 Å². The van der Waals surface area contributed by atoms with Gasteiger partial charge in [-0.25, -0.2) is 4.79 Å². The summed E-state index contributed by atoms with van der Waals surface area (Å²) in [6, 6.07) is 12.4. The first-order chi connectivity index (χ1) is 13.1. The topological polar surface area (TPSA) is 81.2 Å². The lowest BCUT2D eigenvalue weighted by molar-refractivity contribution is -0.124. The van der Waals surface area contributed by atoms with Gasteiger partial charge in [-0.05, 0) is 42.5 Å². The number of halogens is 1. The largest absolute Gasteiger partial charge is 0.452 e. The number of aromatic nitrogens is 2. The van der Waals surface area contributed by atoms with Gasteiger partial charge in [-0.1, -0.05) is 11.6 Å². The third-order valence-electron chi connectivity index (χ3n) is 3.55. The molecule has 27 heavy (non-hydrogen) atoms. The number of amides is 1. The van der Waals surface area contributed by atoms with Crippen LogP contribution >= 0.6 is 23.4 Å². The second-order valence-corrected chi connectivity index (χ2v) is 7.09. The van der Waals surface area contributed by atoms with E-state index in [0.29, 0.717) is 33.9 Å². The molecule has 0 fully saturated rings. The molecule has 1 N–H and O–H groups in total. The van der Waals surface area contributed by atoms with Gasteiger partial charge >= 0.3 is 5.97 Å². The summed E-state index contributed by atoms with van der Waals surface area (Å²) < 4.78 is 5.05. The molecule has 0 atom stereocenters. The second kappa shape index (κ2) is 9.34. The van der Waals surface area contributed by atoms with E-state index >= 15 is 0 Å². The van der Waals surface area contributed by atoms with Gasteiger partial charge in [0, 0.05) is 34.6 Å². The molecule has 0 radical (unpaired) electrons. The molecule has 138 valence electrons. The number of ether oxygens (including phenoxy) is 1. The zero-order valence-electron chi connectivity index (χ0n) is 14.2. The van der Waals surface area contributed by atoms with Crippen LogP contribution in [0.15, 0.2) is 59.8 Å². The molecular formula is C19H16ClN3O3S. The Hall–Kier alpha value is -2.64. The van der Waals surface area contributed by atoms with E-state index in [2.05, 4.69) is 15.3 Å². The minimum Gasteiger partial charge on any atom is -0.452 e. The maximum absolute atomic E-state index is 12.1. The fraction of sp³-hybridized carbons (Fsp3) is 0.158. The number of fused-ring (bicyclic) bond motifs is 1. The average molecular weight is 402 g/mol. The van der Waals surface area contributed by atoms with Gasteiger partial charge in [0.25, 0.3) is 5.91 Å². The van der Waals surface area contributed by atoms with Crippen LogP contribution in [-0.2, 0) is 9.53 Å². The summed E-state index contributed by atoms with van der Waals surface area (Å²) in [4.78, 5) is 33.2. The number of hydrogen-bond acceptors (Lipinski definition) is 6. The van der Waals surface area contributed by atoms with E-state index in [-0.39, 0.29) is 12.5 Å². The number of rotatable bonds is 7. The molecule has 1 amide bonds. The van der Waals surface area contributed by atoms with Crippen molar-refractivity contribution in [1.82, 2.24) is 15.3 Å². The van der Waals surface area contributed by atoms with Gasteiger partial charge in [-0.3, -0.25) is 14.8 Å². The molecule has 3 aromatic rings. The van der Waals surface area contributed by atoms with E-state index in [1.54, 1.807) is 42.4 Å². The molecule has 0 bridgehead atoms. The van der Waals surface area contributed by atoms with Crippen LogP contribution in [0, 0.1) is 0 Å². The van der Waals surface area contributed by atoms with E-state index in [1.807, 2.05) is 24.3 Å². The lowest BCUT2D eigenvalue weighted by Gasteiger charge is -2.07. The maximum Gasteiger partial charge on any atom is 0.338 e. The summed E-state index contributed by atoms with van der Waals surface area (Å²) in [6.45, 7) is 0.137. The van der Waals surface area contributed by atoms with Crippen LogP contribution in [0.1, 0.15) is 10.4 Å². The monoisotopic (exact) mass is 401 g/mol. The average Bonchev–Trinajstić information content (AvgIpc) is 2.70. The molecule has 0 spiro atoms. The van der Waals surface area contributed by atoms with Crippen molar-refractivity contribution in [2.45, 2.75) is 4.90 Å². The Kier molecular flexibility index (Phi) is 6.62. The van der Waals surface area contributed by atoms with E-state index in [4.69, 9.17) is 16.3 Å². The minimum absolute atomic E-state index is 0.328. The SMILES string of the molecule is O=C(COC(=O)c1ccc2nccnc2c1)NCCSc1ccc(Cl)cc1. The van der Waals surface area contributed by atoms with Crippen LogP contribution < -0.4 is 5.32 Å². The van der Waals surface area contributed by atoms with Gasteiger partial charge in [0.15, 0.2) is 6.61 Å². The Bertz CT molecular complexity index is 950. The summed E-state index contributed by atoms with van der Waals surface area (Å²) in [5.74, 6) is -0.223. The van der Waals surface area contributed by atoms with Crippen molar-refractivity contribution in [3.63, 3.8) is 0 Å². The summed E-state index contributed by atoms with van der Waals surface area (Å²) in [6.07, 6.45) is 3.13. The van der Waals surface area contributed by atoms with Gasteiger partial charge < -0.3 is 10.1 Å². The van der Waals surface area contributed by atoms with Gasteiger partial charge in [-0.15, -0.1) is 11.8 Å². The second-order valence-electron chi connectivity index (χ2n) is 5.49. The molecular weight excluding hydrogens is 386 g/mol. The quantitative estimate of drug-likeness (QED) is 0.371. The lowest BCUT2D eigenvalue weighted by Crippen LogP contribution is -2.30. The van der Waals surface area contributed by atoms with Crippen LogP contribution in [-0.4, -0.2) is 40.7 Å². The van der Waals surface area contributed by atoms with Crippen molar-refractivity contribution >= 4 is 46.3 Å². The standard InChI is InChI=1S/C19H16ClN3O3S/c20-14-2-4-15(5-3-14)27-10-9-23-18(24)12-26-19(25)13-1-6-16-17(11-13)22-8-7-21-16/h1-8,11H,9-10,12H2,(H,23,24). The summed E-state index contributed by atoms with van der Waals surface area (Å²) in [5.41, 5.74) is 1.61. The number of hydrogen-bond donors (Lipinski definition) is 1. The highest BCUT2D eigenvalue weighted by Crippen LogP contribution is 2.19. The highest BCUT2D eigenvalue weighted by Gasteiger charge is 2.11. The fourth-order valence-electron chi connectivity index (χ4n) is 2.25. The Morgan fingerprint density at radius 3 is 2.56 bits per heavy atom. The molecule has 0 aliphatic carbocycles. The minimum atomic E-state index is -0.576. The van der Waals surface area contributed by atoms with E-state index in [1.165, 1.54) is 0 Å². The number of carbonyl (C=O) groups is 2.